The number of carboxylic acid groups (broad SMARTS) is 1. The van der Waals surface area contributed by atoms with Gasteiger partial charge in [-0.15, -0.1) is 11.3 Å². The third kappa shape index (κ3) is 2.94. The van der Waals surface area contributed by atoms with E-state index in [0.717, 1.165) is 0 Å². The van der Waals surface area contributed by atoms with E-state index in [2.05, 4.69) is 10.3 Å². The molecule has 20 heavy (non-hydrogen) atoms. The Morgan fingerprint density at radius 1 is 1.40 bits per heavy atom. The van der Waals surface area contributed by atoms with Crippen LogP contribution in [0.4, 0.5) is 5.69 Å². The fourth-order valence-corrected chi connectivity index (χ4v) is 2.42. The van der Waals surface area contributed by atoms with Crippen LogP contribution in [-0.4, -0.2) is 22.0 Å². The number of hydrogen-bond acceptors (Lipinski definition) is 5. The largest absolute Gasteiger partial charge is 0.476 e. The SMILES string of the molecule is CC(NC(=O)c1ccccc1N)c1nc(C(=O)O)cs1. The summed E-state index contributed by atoms with van der Waals surface area (Å²) in [6.45, 7) is 1.74. The van der Waals surface area contributed by atoms with Crippen LogP contribution in [0.1, 0.15) is 38.8 Å². The van der Waals surface area contributed by atoms with Gasteiger partial charge in [-0.3, -0.25) is 4.79 Å². The maximum atomic E-state index is 12.1. The number of hydrogen-bond donors (Lipinski definition) is 3. The van der Waals surface area contributed by atoms with E-state index in [1.54, 1.807) is 31.2 Å². The Hall–Kier alpha value is -2.41. The quantitative estimate of drug-likeness (QED) is 0.746. The molecule has 0 saturated carbocycles. The van der Waals surface area contributed by atoms with Gasteiger partial charge in [-0.1, -0.05) is 12.1 Å². The summed E-state index contributed by atoms with van der Waals surface area (Å²) in [5, 5.41) is 13.5. The van der Waals surface area contributed by atoms with Crippen LogP contribution < -0.4 is 11.1 Å². The second-order valence-corrected chi connectivity index (χ2v) is 5.05. The number of carboxylic acids is 1. The number of aromatic nitrogens is 1. The summed E-state index contributed by atoms with van der Waals surface area (Å²) >= 11 is 1.19. The molecule has 2 rings (SSSR count). The van der Waals surface area contributed by atoms with E-state index in [4.69, 9.17) is 10.8 Å². The maximum Gasteiger partial charge on any atom is 0.355 e. The Morgan fingerprint density at radius 2 is 2.10 bits per heavy atom. The van der Waals surface area contributed by atoms with Crippen LogP contribution in [0.3, 0.4) is 0 Å². The van der Waals surface area contributed by atoms with Crippen molar-refractivity contribution < 1.29 is 14.7 Å². The molecule has 104 valence electrons. The molecule has 2 aromatic rings. The van der Waals surface area contributed by atoms with E-state index in [1.165, 1.54) is 16.7 Å². The van der Waals surface area contributed by atoms with Crippen molar-refractivity contribution in [1.29, 1.82) is 0 Å². The summed E-state index contributed by atoms with van der Waals surface area (Å²) in [6, 6.07) is 6.35. The van der Waals surface area contributed by atoms with Crippen LogP contribution in [0.2, 0.25) is 0 Å². The van der Waals surface area contributed by atoms with E-state index >= 15 is 0 Å². The Labute approximate surface area is 119 Å². The molecule has 0 spiro atoms. The molecule has 1 aromatic carbocycles. The number of para-hydroxylation sites is 1. The molecule has 0 aliphatic rings. The molecule has 0 bridgehead atoms. The molecule has 1 unspecified atom stereocenters. The average molecular weight is 291 g/mol. The summed E-state index contributed by atoms with van der Waals surface area (Å²) in [6.07, 6.45) is 0. The van der Waals surface area contributed by atoms with Crippen LogP contribution in [-0.2, 0) is 0 Å². The van der Waals surface area contributed by atoms with Gasteiger partial charge in [-0.05, 0) is 19.1 Å². The highest BCUT2D eigenvalue weighted by Gasteiger charge is 2.17. The summed E-state index contributed by atoms with van der Waals surface area (Å²) < 4.78 is 0. The van der Waals surface area contributed by atoms with Gasteiger partial charge < -0.3 is 16.2 Å². The molecule has 1 aromatic heterocycles. The first kappa shape index (κ1) is 14.0. The highest BCUT2D eigenvalue weighted by molar-refractivity contribution is 7.09. The van der Waals surface area contributed by atoms with Gasteiger partial charge in [0.1, 0.15) is 5.01 Å². The first-order chi connectivity index (χ1) is 9.49. The number of anilines is 1. The number of carbonyl (C=O) groups is 2. The molecule has 7 heteroatoms. The van der Waals surface area contributed by atoms with Gasteiger partial charge in [0.25, 0.3) is 5.91 Å². The third-order valence-corrected chi connectivity index (χ3v) is 3.69. The predicted octanol–water partition coefficient (Wildman–Crippen LogP) is 1.91. The predicted molar refractivity (Wildman–Crippen MR) is 75.8 cm³/mol. The molecule has 0 radical (unpaired) electrons. The van der Waals surface area contributed by atoms with Gasteiger partial charge in [0.2, 0.25) is 0 Å². The van der Waals surface area contributed by atoms with Crippen molar-refractivity contribution in [3.05, 3.63) is 45.9 Å². The zero-order valence-corrected chi connectivity index (χ0v) is 11.5. The van der Waals surface area contributed by atoms with Crippen LogP contribution >= 0.6 is 11.3 Å². The minimum absolute atomic E-state index is 0.0228. The number of rotatable bonds is 4. The van der Waals surface area contributed by atoms with Gasteiger partial charge in [-0.25, -0.2) is 9.78 Å². The molecule has 1 atom stereocenters. The number of amides is 1. The number of benzene rings is 1. The summed E-state index contributed by atoms with van der Waals surface area (Å²) in [5.41, 5.74) is 6.48. The first-order valence-electron chi connectivity index (χ1n) is 5.83. The van der Waals surface area contributed by atoms with E-state index in [0.29, 0.717) is 16.3 Å². The van der Waals surface area contributed by atoms with Crippen molar-refractivity contribution in [2.24, 2.45) is 0 Å². The Kier molecular flexibility index (Phi) is 3.99. The number of aromatic carboxylic acids is 1. The smallest absolute Gasteiger partial charge is 0.355 e. The lowest BCUT2D eigenvalue weighted by molar-refractivity contribution is 0.0691. The van der Waals surface area contributed by atoms with Crippen LogP contribution in [0.15, 0.2) is 29.6 Å². The van der Waals surface area contributed by atoms with Crippen molar-refractivity contribution in [2.75, 3.05) is 5.73 Å². The van der Waals surface area contributed by atoms with Crippen LogP contribution in [0, 0.1) is 0 Å². The number of carbonyl (C=O) groups excluding carboxylic acids is 1. The van der Waals surface area contributed by atoms with Crippen molar-refractivity contribution >= 4 is 28.9 Å². The van der Waals surface area contributed by atoms with Gasteiger partial charge in [0, 0.05) is 11.1 Å². The third-order valence-electron chi connectivity index (χ3n) is 2.66. The van der Waals surface area contributed by atoms with Gasteiger partial charge in [0.05, 0.1) is 11.6 Å². The number of nitrogen functional groups attached to an aromatic ring is 1. The number of thiazole rings is 1. The molecule has 0 aliphatic carbocycles. The molecule has 0 aliphatic heterocycles. The van der Waals surface area contributed by atoms with E-state index in [-0.39, 0.29) is 17.6 Å². The molecule has 1 heterocycles. The summed E-state index contributed by atoms with van der Waals surface area (Å²) in [5.74, 6) is -1.40. The van der Waals surface area contributed by atoms with Gasteiger partial charge in [0.15, 0.2) is 5.69 Å². The van der Waals surface area contributed by atoms with Gasteiger partial charge in [-0.2, -0.15) is 0 Å². The van der Waals surface area contributed by atoms with E-state index in [9.17, 15) is 9.59 Å². The normalized spacial score (nSPS) is 11.8. The average Bonchev–Trinajstić information content (AvgIpc) is 2.88. The van der Waals surface area contributed by atoms with Crippen molar-refractivity contribution in [2.45, 2.75) is 13.0 Å². The summed E-state index contributed by atoms with van der Waals surface area (Å²) in [4.78, 5) is 26.8. The van der Waals surface area contributed by atoms with Crippen molar-refractivity contribution in [3.63, 3.8) is 0 Å². The standard InChI is InChI=1S/C13H13N3O3S/c1-7(12-16-10(6-20-12)13(18)19)15-11(17)8-4-2-3-5-9(8)14/h2-7H,14H2,1H3,(H,15,17)(H,18,19). The lowest BCUT2D eigenvalue weighted by atomic mass is 10.1. The van der Waals surface area contributed by atoms with Crippen molar-refractivity contribution in [3.8, 4) is 0 Å². The minimum atomic E-state index is -1.08. The van der Waals surface area contributed by atoms with Gasteiger partial charge >= 0.3 is 5.97 Å². The molecular weight excluding hydrogens is 278 g/mol. The van der Waals surface area contributed by atoms with Crippen LogP contribution in [0.25, 0.3) is 0 Å². The molecule has 1 amide bonds. The molecule has 6 nitrogen and oxygen atoms in total. The fourth-order valence-electron chi connectivity index (χ4n) is 1.62. The fraction of sp³-hybridized carbons (Fsp3) is 0.154. The first-order valence-corrected chi connectivity index (χ1v) is 6.71. The molecule has 0 fully saturated rings. The zero-order chi connectivity index (χ0) is 14.7. The zero-order valence-electron chi connectivity index (χ0n) is 10.7. The maximum absolute atomic E-state index is 12.1. The Bertz CT molecular complexity index is 654. The lowest BCUT2D eigenvalue weighted by Gasteiger charge is -2.12. The number of nitrogens with one attached hydrogen (secondary N) is 1. The highest BCUT2D eigenvalue weighted by Crippen LogP contribution is 2.19. The number of nitrogens with two attached hydrogens (primary N) is 1. The second kappa shape index (κ2) is 5.70. The Morgan fingerprint density at radius 3 is 2.70 bits per heavy atom. The monoisotopic (exact) mass is 291 g/mol. The Balaban J connectivity index is 2.11. The van der Waals surface area contributed by atoms with E-state index < -0.39 is 5.97 Å². The molecule has 0 saturated heterocycles. The topological polar surface area (TPSA) is 105 Å². The van der Waals surface area contributed by atoms with Crippen molar-refractivity contribution in [1.82, 2.24) is 10.3 Å². The highest BCUT2D eigenvalue weighted by atomic mass is 32.1. The second-order valence-electron chi connectivity index (χ2n) is 4.16. The minimum Gasteiger partial charge on any atom is -0.476 e. The molecule has 4 N–H and O–H groups in total. The summed E-state index contributed by atoms with van der Waals surface area (Å²) in [7, 11) is 0. The lowest BCUT2D eigenvalue weighted by Crippen LogP contribution is -2.27. The molecular formula is C13H13N3O3S. The number of nitrogens with zero attached hydrogens (tertiary/aromatic N) is 1. The van der Waals surface area contributed by atoms with E-state index in [1.807, 2.05) is 0 Å². The van der Waals surface area contributed by atoms with Crippen LogP contribution in [0.5, 0.6) is 0 Å².